The van der Waals surface area contributed by atoms with E-state index in [1.807, 2.05) is 12.3 Å². The molecule has 0 aromatic carbocycles. The van der Waals surface area contributed by atoms with Crippen LogP contribution in [0.15, 0.2) is 18.3 Å². The van der Waals surface area contributed by atoms with Gasteiger partial charge in [-0.25, -0.2) is 4.98 Å². The third-order valence-corrected chi connectivity index (χ3v) is 3.44. The van der Waals surface area contributed by atoms with Gasteiger partial charge in [-0.1, -0.05) is 6.92 Å². The van der Waals surface area contributed by atoms with Crippen molar-refractivity contribution in [1.29, 1.82) is 0 Å². The first-order chi connectivity index (χ1) is 7.85. The smallest absolute Gasteiger partial charge is 0.129 e. The van der Waals surface area contributed by atoms with Gasteiger partial charge in [0.1, 0.15) is 5.82 Å². The van der Waals surface area contributed by atoms with Gasteiger partial charge < -0.3 is 10.6 Å². The number of nitrogens with two attached hydrogens (primary N) is 1. The van der Waals surface area contributed by atoms with Gasteiger partial charge in [-0.3, -0.25) is 0 Å². The molecule has 3 heteroatoms. The summed E-state index contributed by atoms with van der Waals surface area (Å²) in [6.07, 6.45) is 7.01. The SMILES string of the molecule is CCC1CCCCN1c1cc(CN)ccn1. The molecule has 1 aliphatic heterocycles. The topological polar surface area (TPSA) is 42.1 Å². The third kappa shape index (κ3) is 2.35. The monoisotopic (exact) mass is 219 g/mol. The summed E-state index contributed by atoms with van der Waals surface area (Å²) >= 11 is 0. The van der Waals surface area contributed by atoms with Gasteiger partial charge in [0, 0.05) is 25.3 Å². The molecule has 88 valence electrons. The Kier molecular flexibility index (Phi) is 3.78. The van der Waals surface area contributed by atoms with E-state index in [4.69, 9.17) is 5.73 Å². The Morgan fingerprint density at radius 1 is 1.50 bits per heavy atom. The first kappa shape index (κ1) is 11.4. The molecule has 1 aromatic rings. The van der Waals surface area contributed by atoms with Crippen LogP contribution >= 0.6 is 0 Å². The molecule has 2 heterocycles. The molecule has 0 bridgehead atoms. The lowest BCUT2D eigenvalue weighted by molar-refractivity contribution is 0.447. The van der Waals surface area contributed by atoms with Crippen molar-refractivity contribution in [1.82, 2.24) is 4.98 Å². The lowest BCUT2D eigenvalue weighted by atomic mass is 10.00. The molecule has 0 amide bonds. The highest BCUT2D eigenvalue weighted by Crippen LogP contribution is 2.25. The maximum Gasteiger partial charge on any atom is 0.129 e. The van der Waals surface area contributed by atoms with E-state index < -0.39 is 0 Å². The van der Waals surface area contributed by atoms with Crippen molar-refractivity contribution in [2.45, 2.75) is 45.2 Å². The summed E-state index contributed by atoms with van der Waals surface area (Å²) < 4.78 is 0. The van der Waals surface area contributed by atoms with Crippen molar-refractivity contribution in [2.75, 3.05) is 11.4 Å². The minimum absolute atomic E-state index is 0.597. The second kappa shape index (κ2) is 5.30. The van der Waals surface area contributed by atoms with Gasteiger partial charge in [0.2, 0.25) is 0 Å². The molecule has 2 rings (SSSR count). The van der Waals surface area contributed by atoms with E-state index in [1.54, 1.807) is 0 Å². The molecule has 1 saturated heterocycles. The Balaban J connectivity index is 2.20. The number of rotatable bonds is 3. The molecule has 1 fully saturated rings. The maximum absolute atomic E-state index is 5.67. The van der Waals surface area contributed by atoms with E-state index in [2.05, 4.69) is 22.9 Å². The second-order valence-corrected chi connectivity index (χ2v) is 4.48. The molecule has 1 aromatic heterocycles. The van der Waals surface area contributed by atoms with E-state index in [-0.39, 0.29) is 0 Å². The van der Waals surface area contributed by atoms with Crippen molar-refractivity contribution in [2.24, 2.45) is 5.73 Å². The van der Waals surface area contributed by atoms with Crippen LogP contribution in [-0.4, -0.2) is 17.6 Å². The highest BCUT2D eigenvalue weighted by atomic mass is 15.2. The van der Waals surface area contributed by atoms with Gasteiger partial charge in [0.05, 0.1) is 0 Å². The lowest BCUT2D eigenvalue weighted by Crippen LogP contribution is -2.39. The first-order valence-corrected chi connectivity index (χ1v) is 6.26. The van der Waals surface area contributed by atoms with Crippen molar-refractivity contribution >= 4 is 5.82 Å². The molecule has 3 nitrogen and oxygen atoms in total. The van der Waals surface area contributed by atoms with Gasteiger partial charge in [0.25, 0.3) is 0 Å². The largest absolute Gasteiger partial charge is 0.354 e. The predicted octanol–water partition coefficient (Wildman–Crippen LogP) is 2.31. The van der Waals surface area contributed by atoms with Crippen LogP contribution in [0.3, 0.4) is 0 Å². The molecular formula is C13H21N3. The zero-order chi connectivity index (χ0) is 11.4. The predicted molar refractivity (Wildman–Crippen MR) is 67.4 cm³/mol. The Hall–Kier alpha value is -1.09. The molecule has 0 spiro atoms. The average Bonchev–Trinajstić information content (AvgIpc) is 2.38. The van der Waals surface area contributed by atoms with Gasteiger partial charge in [-0.15, -0.1) is 0 Å². The summed E-state index contributed by atoms with van der Waals surface area (Å²) in [7, 11) is 0. The molecule has 0 radical (unpaired) electrons. The Morgan fingerprint density at radius 3 is 3.12 bits per heavy atom. The second-order valence-electron chi connectivity index (χ2n) is 4.48. The third-order valence-electron chi connectivity index (χ3n) is 3.44. The number of hydrogen-bond donors (Lipinski definition) is 1. The summed E-state index contributed by atoms with van der Waals surface area (Å²) in [5.74, 6) is 1.11. The molecule has 1 atom stereocenters. The van der Waals surface area contributed by atoms with Crippen molar-refractivity contribution in [3.63, 3.8) is 0 Å². The number of pyridine rings is 1. The fourth-order valence-electron chi connectivity index (χ4n) is 2.47. The Labute approximate surface area is 97.7 Å². The molecule has 0 aliphatic carbocycles. The highest BCUT2D eigenvalue weighted by Gasteiger charge is 2.21. The first-order valence-electron chi connectivity index (χ1n) is 6.26. The number of piperidine rings is 1. The van der Waals surface area contributed by atoms with Gasteiger partial charge >= 0.3 is 0 Å². The molecular weight excluding hydrogens is 198 g/mol. The summed E-state index contributed by atoms with van der Waals surface area (Å²) in [5.41, 5.74) is 6.84. The number of nitrogens with zero attached hydrogens (tertiary/aromatic N) is 2. The molecule has 0 saturated carbocycles. The normalized spacial score (nSPS) is 21.1. The zero-order valence-corrected chi connectivity index (χ0v) is 10.0. The van der Waals surface area contributed by atoms with Crippen LogP contribution in [0.2, 0.25) is 0 Å². The van der Waals surface area contributed by atoms with Crippen molar-refractivity contribution in [3.05, 3.63) is 23.9 Å². The standard InChI is InChI=1S/C13H21N3/c1-2-12-5-3-4-8-16(12)13-9-11(10-14)6-7-15-13/h6-7,9,12H,2-5,8,10,14H2,1H3. The van der Waals surface area contributed by atoms with E-state index in [0.717, 1.165) is 12.4 Å². The lowest BCUT2D eigenvalue weighted by Gasteiger charge is -2.36. The van der Waals surface area contributed by atoms with Gasteiger partial charge in [-0.05, 0) is 43.4 Å². The minimum atomic E-state index is 0.597. The van der Waals surface area contributed by atoms with Gasteiger partial charge in [-0.2, -0.15) is 0 Å². The Morgan fingerprint density at radius 2 is 2.38 bits per heavy atom. The summed E-state index contributed by atoms with van der Waals surface area (Å²) in [5, 5.41) is 0. The zero-order valence-electron chi connectivity index (χ0n) is 10.0. The van der Waals surface area contributed by atoms with E-state index in [1.165, 1.54) is 31.2 Å². The quantitative estimate of drug-likeness (QED) is 0.848. The van der Waals surface area contributed by atoms with E-state index >= 15 is 0 Å². The van der Waals surface area contributed by atoms with Crippen LogP contribution in [0.4, 0.5) is 5.82 Å². The van der Waals surface area contributed by atoms with Crippen molar-refractivity contribution < 1.29 is 0 Å². The van der Waals surface area contributed by atoms with Crippen LogP contribution in [-0.2, 0) is 6.54 Å². The van der Waals surface area contributed by atoms with Crippen LogP contribution in [0, 0.1) is 0 Å². The van der Waals surface area contributed by atoms with E-state index in [0.29, 0.717) is 12.6 Å². The fraction of sp³-hybridized carbons (Fsp3) is 0.615. The van der Waals surface area contributed by atoms with Crippen molar-refractivity contribution in [3.8, 4) is 0 Å². The average molecular weight is 219 g/mol. The van der Waals surface area contributed by atoms with Crippen LogP contribution < -0.4 is 10.6 Å². The molecule has 1 unspecified atom stereocenters. The summed E-state index contributed by atoms with van der Waals surface area (Å²) in [6, 6.07) is 4.79. The van der Waals surface area contributed by atoms with Crippen LogP contribution in [0.25, 0.3) is 0 Å². The summed E-state index contributed by atoms with van der Waals surface area (Å²) in [6.45, 7) is 4.00. The number of anilines is 1. The van der Waals surface area contributed by atoms with Crippen LogP contribution in [0.1, 0.15) is 38.2 Å². The number of hydrogen-bond acceptors (Lipinski definition) is 3. The van der Waals surface area contributed by atoms with E-state index in [9.17, 15) is 0 Å². The maximum atomic E-state index is 5.67. The molecule has 16 heavy (non-hydrogen) atoms. The molecule has 1 aliphatic rings. The van der Waals surface area contributed by atoms with Crippen LogP contribution in [0.5, 0.6) is 0 Å². The van der Waals surface area contributed by atoms with Gasteiger partial charge in [0.15, 0.2) is 0 Å². The Bertz CT molecular complexity index is 338. The highest BCUT2D eigenvalue weighted by molar-refractivity contribution is 5.42. The fourth-order valence-corrected chi connectivity index (χ4v) is 2.47. The number of aromatic nitrogens is 1. The minimum Gasteiger partial charge on any atom is -0.354 e. The summed E-state index contributed by atoms with van der Waals surface area (Å²) in [4.78, 5) is 6.93. The molecule has 2 N–H and O–H groups in total.